The highest BCUT2D eigenvalue weighted by molar-refractivity contribution is 7.52. The second-order valence-electron chi connectivity index (χ2n) is 9.06. The largest absolute Gasteiger partial charge is 0.462 e. The Balaban J connectivity index is 1.56. The number of nitrogens with two attached hydrogens (primary N) is 1. The van der Waals surface area contributed by atoms with Crippen LogP contribution in [0.5, 0.6) is 5.75 Å². The van der Waals surface area contributed by atoms with Crippen LogP contribution in [-0.2, 0) is 29.0 Å². The summed E-state index contributed by atoms with van der Waals surface area (Å²) in [6.07, 6.45) is -2.79. The number of nitrogen functional groups attached to an aromatic ring is 1. The zero-order valence-corrected chi connectivity index (χ0v) is 22.1. The Kier molecular flexibility index (Phi) is 8.17. The molecular formula is C23H28N7O8P. The van der Waals surface area contributed by atoms with Crippen molar-refractivity contribution in [3.63, 3.8) is 0 Å². The van der Waals surface area contributed by atoms with Crippen molar-refractivity contribution in [2.24, 2.45) is 0 Å². The number of carbonyl (C=O) groups excluding carboxylic acids is 1. The van der Waals surface area contributed by atoms with Crippen LogP contribution in [0.25, 0.3) is 11.5 Å². The second-order valence-corrected chi connectivity index (χ2v) is 10.7. The Morgan fingerprint density at radius 1 is 1.33 bits per heavy atom. The summed E-state index contributed by atoms with van der Waals surface area (Å²) in [6.45, 7) is 4.13. The minimum absolute atomic E-state index is 0.0215. The number of fused-ring (bicyclic) bond motifs is 1. The molecule has 1 fully saturated rings. The first-order valence-corrected chi connectivity index (χ1v) is 13.4. The van der Waals surface area contributed by atoms with Gasteiger partial charge in [-0.15, -0.1) is 10.2 Å². The summed E-state index contributed by atoms with van der Waals surface area (Å²) in [5, 5.41) is 41.9. The van der Waals surface area contributed by atoms with Crippen LogP contribution in [0.3, 0.4) is 0 Å². The van der Waals surface area contributed by atoms with Crippen LogP contribution in [0, 0.1) is 11.3 Å². The summed E-state index contributed by atoms with van der Waals surface area (Å²) < 4.78 is 36.9. The maximum atomic E-state index is 13.7. The Labute approximate surface area is 223 Å². The summed E-state index contributed by atoms with van der Waals surface area (Å²) in [4.78, 5) is 16.5. The van der Waals surface area contributed by atoms with E-state index in [2.05, 4.69) is 20.3 Å². The van der Waals surface area contributed by atoms with Gasteiger partial charge in [-0.05, 0) is 32.9 Å². The van der Waals surface area contributed by atoms with Crippen molar-refractivity contribution >= 4 is 13.7 Å². The number of hydrogen-bond donors (Lipinski definition) is 4. The van der Waals surface area contributed by atoms with Crippen molar-refractivity contribution in [1.29, 1.82) is 5.26 Å². The van der Waals surface area contributed by atoms with E-state index in [-0.39, 0.29) is 22.8 Å². The summed E-state index contributed by atoms with van der Waals surface area (Å²) in [5.41, 5.74) is -2.03. The molecule has 1 unspecified atom stereocenters. The number of esters is 1. The summed E-state index contributed by atoms with van der Waals surface area (Å²) in [5.74, 6) is 5.43. The van der Waals surface area contributed by atoms with Gasteiger partial charge in [0.1, 0.15) is 48.2 Å². The van der Waals surface area contributed by atoms with Crippen molar-refractivity contribution in [2.45, 2.75) is 56.8 Å². The van der Waals surface area contributed by atoms with Crippen molar-refractivity contribution < 1.29 is 38.1 Å². The lowest BCUT2D eigenvalue weighted by Crippen LogP contribution is -2.40. The Morgan fingerprint density at radius 2 is 2.05 bits per heavy atom. The molecule has 3 aliphatic heterocycles. The van der Waals surface area contributed by atoms with Gasteiger partial charge in [-0.3, -0.25) is 9.32 Å². The minimum Gasteiger partial charge on any atom is -0.462 e. The first-order chi connectivity index (χ1) is 18.5. The van der Waals surface area contributed by atoms with E-state index in [9.17, 15) is 24.8 Å². The third-order valence-corrected chi connectivity index (χ3v) is 7.46. The molecule has 15 nitrogen and oxygen atoms in total. The van der Waals surface area contributed by atoms with Crippen LogP contribution in [0.15, 0.2) is 42.9 Å². The number of aliphatic hydroxyl groups is 2. The lowest BCUT2D eigenvalue weighted by atomic mass is 9.89. The molecular weight excluding hydrogens is 533 g/mol. The van der Waals surface area contributed by atoms with Crippen LogP contribution in [-0.4, -0.2) is 73.1 Å². The predicted octanol–water partition coefficient (Wildman–Crippen LogP) is 0.465. The number of benzene rings is 1. The Bertz CT molecular complexity index is 1370. The normalized spacial score (nSPS) is 25.2. The van der Waals surface area contributed by atoms with E-state index in [0.29, 0.717) is 0 Å². The fourth-order valence-electron chi connectivity index (χ4n) is 3.96. The molecule has 5 N–H and O–H groups in total. The van der Waals surface area contributed by atoms with Gasteiger partial charge < -0.3 is 30.1 Å². The highest BCUT2D eigenvalue weighted by atomic mass is 31.2. The maximum absolute atomic E-state index is 13.7. The fourth-order valence-corrected chi connectivity index (χ4v) is 5.46. The van der Waals surface area contributed by atoms with Gasteiger partial charge in [0.25, 0.3) is 0 Å². The van der Waals surface area contributed by atoms with E-state index >= 15 is 0 Å². The second kappa shape index (κ2) is 11.2. The number of hydrogen-bond acceptors (Lipinski definition) is 13. The van der Waals surface area contributed by atoms with E-state index in [4.69, 9.17) is 24.4 Å². The molecule has 3 aliphatic rings. The van der Waals surface area contributed by atoms with Gasteiger partial charge in [-0.2, -0.15) is 10.3 Å². The minimum atomic E-state index is -4.31. The van der Waals surface area contributed by atoms with Gasteiger partial charge in [0.2, 0.25) is 5.60 Å². The molecule has 4 rings (SSSR count). The quantitative estimate of drug-likeness (QED) is 0.150. The summed E-state index contributed by atoms with van der Waals surface area (Å²) >= 11 is 0. The van der Waals surface area contributed by atoms with Gasteiger partial charge in [-0.1, -0.05) is 18.2 Å². The first kappa shape index (κ1) is 28.4. The molecule has 16 heteroatoms. The molecule has 0 spiro atoms. The first-order valence-electron chi connectivity index (χ1n) is 11.9. The maximum Gasteiger partial charge on any atom is 0.459 e. The van der Waals surface area contributed by atoms with Crippen molar-refractivity contribution in [3.05, 3.63) is 48.4 Å². The van der Waals surface area contributed by atoms with Crippen molar-refractivity contribution in [1.82, 2.24) is 24.9 Å². The average molecular weight is 561 g/mol. The number of para-hydroxylation sites is 1. The zero-order valence-electron chi connectivity index (χ0n) is 21.2. The number of nitrogens with one attached hydrogen (secondary N) is 1. The molecule has 0 saturated carbocycles. The van der Waals surface area contributed by atoms with Gasteiger partial charge in [0.15, 0.2) is 5.82 Å². The Hall–Kier alpha value is -3.64. The van der Waals surface area contributed by atoms with Crippen LogP contribution in [0.4, 0.5) is 0 Å². The zero-order chi connectivity index (χ0) is 28.4. The predicted molar refractivity (Wildman–Crippen MR) is 133 cm³/mol. The van der Waals surface area contributed by atoms with E-state index in [1.54, 1.807) is 32.0 Å². The SMILES string of the molecule is CC(C)OC(=O)C(C)N[P@@](=O)(OC[C@H]1O[C@@](C#N)(c2cnc3n(N)cnnc2-3)[C@H](O)[C@@H]1O)Oc1ccccc1. The lowest BCUT2D eigenvalue weighted by Gasteiger charge is -2.25. The van der Waals surface area contributed by atoms with Gasteiger partial charge in [0, 0.05) is 6.20 Å². The van der Waals surface area contributed by atoms with Crippen LogP contribution < -0.4 is 15.5 Å². The van der Waals surface area contributed by atoms with Crippen LogP contribution >= 0.6 is 7.75 Å². The average Bonchev–Trinajstić information content (AvgIpc) is 3.44. The van der Waals surface area contributed by atoms with Crippen LogP contribution in [0.2, 0.25) is 0 Å². The molecule has 1 aromatic carbocycles. The number of nitrogens with zero attached hydrogens (tertiary/aromatic N) is 5. The van der Waals surface area contributed by atoms with E-state index < -0.39 is 56.4 Å². The monoisotopic (exact) mass is 561 g/mol. The van der Waals surface area contributed by atoms with E-state index in [0.717, 1.165) is 4.68 Å². The van der Waals surface area contributed by atoms with Gasteiger partial charge >= 0.3 is 13.7 Å². The highest BCUT2D eigenvalue weighted by Gasteiger charge is 2.58. The molecule has 208 valence electrons. The van der Waals surface area contributed by atoms with Gasteiger partial charge in [0.05, 0.1) is 18.3 Å². The smallest absolute Gasteiger partial charge is 0.459 e. The summed E-state index contributed by atoms with van der Waals surface area (Å²) in [6, 6.07) is 8.83. The number of nitriles is 1. The molecule has 1 aromatic rings. The Morgan fingerprint density at radius 3 is 2.72 bits per heavy atom. The highest BCUT2D eigenvalue weighted by Crippen LogP contribution is 2.48. The topological polar surface area (TPSA) is 217 Å². The lowest BCUT2D eigenvalue weighted by molar-refractivity contribution is -0.149. The number of carbonyl (C=O) groups is 1. The van der Waals surface area contributed by atoms with E-state index in [1.807, 2.05) is 6.07 Å². The fraction of sp³-hybridized carbons (Fsp3) is 0.435. The number of ether oxygens (including phenoxy) is 2. The number of aromatic nitrogens is 4. The van der Waals surface area contributed by atoms with Crippen molar-refractivity contribution in [3.8, 4) is 23.3 Å². The number of rotatable bonds is 10. The molecule has 0 aromatic heterocycles. The molecule has 3 heterocycles. The number of aliphatic hydroxyl groups excluding tert-OH is 2. The molecule has 6 atom stereocenters. The van der Waals surface area contributed by atoms with Crippen LogP contribution in [0.1, 0.15) is 26.3 Å². The van der Waals surface area contributed by atoms with E-state index in [1.165, 1.54) is 31.6 Å². The third-order valence-electron chi connectivity index (χ3n) is 5.82. The molecule has 39 heavy (non-hydrogen) atoms. The van der Waals surface area contributed by atoms with Gasteiger partial charge in [-0.25, -0.2) is 14.2 Å². The molecule has 0 radical (unpaired) electrons. The molecule has 0 bridgehead atoms. The molecule has 0 aliphatic carbocycles. The molecule has 0 amide bonds. The molecule has 1 saturated heterocycles. The standard InChI is InChI=1S/C23H28N7O8P/c1-13(2)36-22(33)14(3)29-39(34,38-15-7-5-4-6-8-15)35-10-17-19(31)20(32)23(11-24,37-17)16-9-26-21-18(16)28-27-12-30(21)25/h4-9,12-14,17,19-20,31-32H,10,25H2,1-3H3,(H,29,34)/t14?,17-,19-,20-,23+,39-/m1/s1. The summed E-state index contributed by atoms with van der Waals surface area (Å²) in [7, 11) is -4.31. The van der Waals surface area contributed by atoms with Crippen molar-refractivity contribution in [2.75, 3.05) is 12.4 Å². The third kappa shape index (κ3) is 5.71.